The lowest BCUT2D eigenvalue weighted by atomic mass is 9.74. The van der Waals surface area contributed by atoms with Crippen LogP contribution in [0.4, 0.5) is 0 Å². The standard InChI is InChI=1S/C23H28ClNO/c1-25(2)17-21-11-7-6-10-20(16-18-8-4-3-5-9-18)23(21,26)19-12-14-22(24)15-13-19/h3-5,8-9,12-16,21,26H,6-7,10-11,17H2,1-2H3. The average molecular weight is 370 g/mol. The molecule has 26 heavy (non-hydrogen) atoms. The molecule has 3 heteroatoms. The van der Waals surface area contributed by atoms with Gasteiger partial charge in [-0.2, -0.15) is 0 Å². The normalized spacial score (nSPS) is 25.4. The van der Waals surface area contributed by atoms with Crippen LogP contribution in [0.5, 0.6) is 0 Å². The average Bonchev–Trinajstić information content (AvgIpc) is 2.77. The number of hydrogen-bond donors (Lipinski definition) is 1. The number of hydrogen-bond acceptors (Lipinski definition) is 2. The Hall–Kier alpha value is -1.61. The summed E-state index contributed by atoms with van der Waals surface area (Å²) < 4.78 is 0. The molecule has 3 rings (SSSR count). The van der Waals surface area contributed by atoms with E-state index in [1.807, 2.05) is 42.5 Å². The maximum atomic E-state index is 12.1. The van der Waals surface area contributed by atoms with Crippen LogP contribution >= 0.6 is 11.6 Å². The van der Waals surface area contributed by atoms with Gasteiger partial charge < -0.3 is 10.0 Å². The Balaban J connectivity index is 2.12. The van der Waals surface area contributed by atoms with E-state index in [1.54, 1.807) is 0 Å². The van der Waals surface area contributed by atoms with Gasteiger partial charge in [-0.1, -0.05) is 66.6 Å². The van der Waals surface area contributed by atoms with E-state index in [0.717, 1.165) is 48.9 Å². The fourth-order valence-corrected chi connectivity index (χ4v) is 4.22. The van der Waals surface area contributed by atoms with Crippen LogP contribution in [0, 0.1) is 5.92 Å². The van der Waals surface area contributed by atoms with Crippen LogP contribution in [0.15, 0.2) is 60.2 Å². The Labute approximate surface area is 162 Å². The number of nitrogens with zero attached hydrogens (tertiary/aromatic N) is 1. The van der Waals surface area contributed by atoms with E-state index in [0.29, 0.717) is 5.02 Å². The first-order valence-corrected chi connectivity index (χ1v) is 9.77. The number of rotatable bonds is 4. The number of halogens is 1. The maximum Gasteiger partial charge on any atom is 0.115 e. The van der Waals surface area contributed by atoms with Gasteiger partial charge in [-0.3, -0.25) is 0 Å². The second-order valence-corrected chi connectivity index (χ2v) is 7.99. The van der Waals surface area contributed by atoms with Crippen molar-refractivity contribution in [1.82, 2.24) is 4.90 Å². The summed E-state index contributed by atoms with van der Waals surface area (Å²) >= 11 is 6.11. The van der Waals surface area contributed by atoms with Crippen LogP contribution in [-0.4, -0.2) is 30.6 Å². The molecular weight excluding hydrogens is 342 g/mol. The molecule has 2 nitrogen and oxygen atoms in total. The smallest absolute Gasteiger partial charge is 0.115 e. The van der Waals surface area contributed by atoms with E-state index < -0.39 is 5.60 Å². The highest BCUT2D eigenvalue weighted by Crippen LogP contribution is 2.45. The Morgan fingerprint density at radius 1 is 1.08 bits per heavy atom. The first kappa shape index (κ1) is 19.2. The van der Waals surface area contributed by atoms with Crippen molar-refractivity contribution in [3.63, 3.8) is 0 Å². The molecule has 2 aromatic carbocycles. The summed E-state index contributed by atoms with van der Waals surface area (Å²) in [5, 5.41) is 12.8. The van der Waals surface area contributed by atoms with Crippen molar-refractivity contribution < 1.29 is 5.11 Å². The largest absolute Gasteiger partial charge is 0.380 e. The van der Waals surface area contributed by atoms with Crippen molar-refractivity contribution in [1.29, 1.82) is 0 Å². The van der Waals surface area contributed by atoms with Crippen LogP contribution in [-0.2, 0) is 5.60 Å². The molecule has 0 aliphatic heterocycles. The van der Waals surface area contributed by atoms with Crippen molar-refractivity contribution in [2.45, 2.75) is 31.3 Å². The van der Waals surface area contributed by atoms with Crippen molar-refractivity contribution in [3.8, 4) is 0 Å². The van der Waals surface area contributed by atoms with Crippen molar-refractivity contribution >= 4 is 17.7 Å². The minimum absolute atomic E-state index is 0.149. The van der Waals surface area contributed by atoms with Crippen molar-refractivity contribution in [2.75, 3.05) is 20.6 Å². The van der Waals surface area contributed by atoms with Gasteiger partial charge >= 0.3 is 0 Å². The zero-order chi connectivity index (χ0) is 18.6. The zero-order valence-electron chi connectivity index (χ0n) is 15.7. The van der Waals surface area contributed by atoms with Crippen LogP contribution in [0.3, 0.4) is 0 Å². The van der Waals surface area contributed by atoms with E-state index in [9.17, 15) is 5.11 Å². The van der Waals surface area contributed by atoms with Crippen molar-refractivity contribution in [2.24, 2.45) is 5.92 Å². The molecule has 0 heterocycles. The van der Waals surface area contributed by atoms with Crippen LogP contribution in [0.1, 0.15) is 36.8 Å². The van der Waals surface area contributed by atoms with Gasteiger partial charge in [0.15, 0.2) is 0 Å². The Bertz CT molecular complexity index is 739. The lowest BCUT2D eigenvalue weighted by Gasteiger charge is -2.39. The number of aliphatic hydroxyl groups is 1. The highest BCUT2D eigenvalue weighted by molar-refractivity contribution is 6.30. The molecule has 2 aromatic rings. The molecule has 0 spiro atoms. The molecule has 1 aliphatic carbocycles. The van der Waals surface area contributed by atoms with Gasteiger partial charge in [0, 0.05) is 17.5 Å². The molecule has 0 saturated heterocycles. The van der Waals surface area contributed by atoms with Gasteiger partial charge in [0.05, 0.1) is 0 Å². The predicted octanol–water partition coefficient (Wildman–Crippen LogP) is 5.36. The molecule has 0 radical (unpaired) electrons. The van der Waals surface area contributed by atoms with Crippen LogP contribution < -0.4 is 0 Å². The lowest BCUT2D eigenvalue weighted by molar-refractivity contribution is 0.000490. The highest BCUT2D eigenvalue weighted by atomic mass is 35.5. The minimum atomic E-state index is -0.971. The second-order valence-electron chi connectivity index (χ2n) is 7.56. The van der Waals surface area contributed by atoms with E-state index in [-0.39, 0.29) is 5.92 Å². The Morgan fingerprint density at radius 3 is 2.42 bits per heavy atom. The molecule has 2 atom stereocenters. The summed E-state index contributed by atoms with van der Waals surface area (Å²) in [6.45, 7) is 0.852. The van der Waals surface area contributed by atoms with Crippen LogP contribution in [0.25, 0.3) is 6.08 Å². The predicted molar refractivity (Wildman–Crippen MR) is 110 cm³/mol. The molecule has 1 fully saturated rings. The summed E-state index contributed by atoms with van der Waals surface area (Å²) in [7, 11) is 4.15. The summed E-state index contributed by atoms with van der Waals surface area (Å²) in [5.41, 5.74) is 2.22. The minimum Gasteiger partial charge on any atom is -0.380 e. The first-order valence-electron chi connectivity index (χ1n) is 9.39. The number of benzene rings is 2. The Kier molecular flexibility index (Phi) is 6.18. The van der Waals surface area contributed by atoms with E-state index in [2.05, 4.69) is 37.2 Å². The SMILES string of the molecule is CN(C)CC1CCCCC(=Cc2ccccc2)C1(O)c1ccc(Cl)cc1. The molecule has 138 valence electrons. The summed E-state index contributed by atoms with van der Waals surface area (Å²) in [6, 6.07) is 18.0. The summed E-state index contributed by atoms with van der Waals surface area (Å²) in [4.78, 5) is 2.18. The highest BCUT2D eigenvalue weighted by Gasteiger charge is 2.42. The first-order chi connectivity index (χ1) is 12.5. The van der Waals surface area contributed by atoms with E-state index in [4.69, 9.17) is 11.6 Å². The third-order valence-corrected chi connectivity index (χ3v) is 5.59. The molecular formula is C23H28ClNO. The monoisotopic (exact) mass is 369 g/mol. The Morgan fingerprint density at radius 2 is 1.77 bits per heavy atom. The van der Waals surface area contributed by atoms with Gasteiger partial charge in [-0.05, 0) is 62.2 Å². The summed E-state index contributed by atoms with van der Waals surface area (Å²) in [6.07, 6.45) is 6.36. The van der Waals surface area contributed by atoms with Crippen molar-refractivity contribution in [3.05, 3.63) is 76.3 Å². The van der Waals surface area contributed by atoms with Gasteiger partial charge in [0.1, 0.15) is 5.60 Å². The third-order valence-electron chi connectivity index (χ3n) is 5.34. The third kappa shape index (κ3) is 4.20. The van der Waals surface area contributed by atoms with Gasteiger partial charge in [0.25, 0.3) is 0 Å². The maximum absolute atomic E-state index is 12.1. The zero-order valence-corrected chi connectivity index (χ0v) is 16.4. The van der Waals surface area contributed by atoms with Gasteiger partial charge in [-0.15, -0.1) is 0 Å². The molecule has 0 aromatic heterocycles. The van der Waals surface area contributed by atoms with E-state index >= 15 is 0 Å². The second kappa shape index (κ2) is 8.39. The molecule has 1 saturated carbocycles. The quantitative estimate of drug-likeness (QED) is 0.733. The molecule has 2 unspecified atom stereocenters. The molecule has 0 bridgehead atoms. The van der Waals surface area contributed by atoms with Crippen LogP contribution in [0.2, 0.25) is 5.02 Å². The molecule has 1 aliphatic rings. The fourth-order valence-electron chi connectivity index (χ4n) is 4.09. The molecule has 0 amide bonds. The topological polar surface area (TPSA) is 23.5 Å². The lowest BCUT2D eigenvalue weighted by Crippen LogP contribution is -2.41. The molecule has 1 N–H and O–H groups in total. The fraction of sp³-hybridized carbons (Fsp3) is 0.391. The van der Waals surface area contributed by atoms with Gasteiger partial charge in [-0.25, -0.2) is 0 Å². The summed E-state index contributed by atoms with van der Waals surface area (Å²) in [5.74, 6) is 0.149. The van der Waals surface area contributed by atoms with Gasteiger partial charge in [0.2, 0.25) is 0 Å². The van der Waals surface area contributed by atoms with E-state index in [1.165, 1.54) is 0 Å².